The van der Waals surface area contributed by atoms with Crippen LogP contribution in [0, 0.1) is 0 Å². The fraction of sp³-hybridized carbons (Fsp3) is 0.500. The summed E-state index contributed by atoms with van der Waals surface area (Å²) >= 11 is 5.90. The molecule has 1 saturated carbocycles. The van der Waals surface area contributed by atoms with Crippen LogP contribution in [-0.4, -0.2) is 56.0 Å². The van der Waals surface area contributed by atoms with Gasteiger partial charge in [0.15, 0.2) is 11.5 Å². The van der Waals surface area contributed by atoms with E-state index >= 15 is 0 Å². The molecule has 3 aromatic heterocycles. The molecule has 1 saturated heterocycles. The van der Waals surface area contributed by atoms with E-state index in [2.05, 4.69) is 30.0 Å². The fourth-order valence-corrected chi connectivity index (χ4v) is 3.80. The van der Waals surface area contributed by atoms with Gasteiger partial charge < -0.3 is 9.80 Å². The van der Waals surface area contributed by atoms with Gasteiger partial charge in [-0.15, -0.1) is 15.3 Å². The average molecular weight is 385 g/mol. The molecule has 0 atom stereocenters. The van der Waals surface area contributed by atoms with Gasteiger partial charge in [0, 0.05) is 32.1 Å². The first kappa shape index (κ1) is 16.7. The lowest BCUT2D eigenvalue weighted by Gasteiger charge is -2.24. The quantitative estimate of drug-likeness (QED) is 0.686. The Morgan fingerprint density at radius 2 is 1.67 bits per heavy atom. The molecule has 0 radical (unpaired) electrons. The van der Waals surface area contributed by atoms with Crippen molar-refractivity contribution in [3.8, 4) is 0 Å². The zero-order valence-electron chi connectivity index (χ0n) is 15.0. The minimum absolute atomic E-state index is 0.504. The largest absolute Gasteiger partial charge is 0.353 e. The maximum atomic E-state index is 5.90. The van der Waals surface area contributed by atoms with Crippen LogP contribution in [-0.2, 0) is 0 Å². The molecular weight excluding hydrogens is 364 g/mol. The third kappa shape index (κ3) is 3.18. The number of fused-ring (bicyclic) bond motifs is 1. The Bertz CT molecular complexity index is 936. The van der Waals surface area contributed by atoms with E-state index in [-0.39, 0.29) is 0 Å². The van der Waals surface area contributed by atoms with Crippen molar-refractivity contribution >= 4 is 29.0 Å². The van der Waals surface area contributed by atoms with Gasteiger partial charge in [0.25, 0.3) is 0 Å². The Morgan fingerprint density at radius 1 is 0.889 bits per heavy atom. The maximum absolute atomic E-state index is 5.90. The Balaban J connectivity index is 1.36. The molecule has 5 rings (SSSR count). The minimum atomic E-state index is 0.504. The lowest BCUT2D eigenvalue weighted by atomic mass is 9.85. The van der Waals surface area contributed by atoms with Crippen LogP contribution in [0.4, 0.5) is 11.8 Å². The summed E-state index contributed by atoms with van der Waals surface area (Å²) in [7, 11) is 0. The van der Waals surface area contributed by atoms with Gasteiger partial charge in [-0.25, -0.2) is 9.97 Å². The molecule has 0 bridgehead atoms. The summed E-state index contributed by atoms with van der Waals surface area (Å²) in [6, 6.07) is 4.06. The standard InChI is InChI=1S/C18H21ClN8/c19-14-11-20-18(21-12-14)26-8-2-7-25(9-10-26)16-6-5-15-22-23-17(27(15)24-16)13-3-1-4-13/h5-6,11-13H,1-4,7-10H2. The first-order chi connectivity index (χ1) is 13.3. The molecule has 2 fully saturated rings. The lowest BCUT2D eigenvalue weighted by Crippen LogP contribution is -2.32. The van der Waals surface area contributed by atoms with Gasteiger partial charge in [-0.05, 0) is 31.4 Å². The van der Waals surface area contributed by atoms with Crippen molar-refractivity contribution in [3.05, 3.63) is 35.4 Å². The molecule has 1 aliphatic heterocycles. The highest BCUT2D eigenvalue weighted by Crippen LogP contribution is 2.35. The second-order valence-corrected chi connectivity index (χ2v) is 7.61. The van der Waals surface area contributed by atoms with E-state index in [0.29, 0.717) is 10.9 Å². The zero-order valence-corrected chi connectivity index (χ0v) is 15.8. The van der Waals surface area contributed by atoms with Crippen molar-refractivity contribution in [2.75, 3.05) is 36.0 Å². The van der Waals surface area contributed by atoms with Crippen molar-refractivity contribution in [2.24, 2.45) is 0 Å². The molecule has 1 aliphatic carbocycles. The van der Waals surface area contributed by atoms with Crippen molar-refractivity contribution in [1.82, 2.24) is 29.8 Å². The number of anilines is 2. The zero-order chi connectivity index (χ0) is 18.2. The normalized spacial score (nSPS) is 18.6. The second-order valence-electron chi connectivity index (χ2n) is 7.18. The van der Waals surface area contributed by atoms with Crippen LogP contribution in [0.25, 0.3) is 5.65 Å². The molecule has 3 aromatic rings. The Labute approximate surface area is 162 Å². The van der Waals surface area contributed by atoms with Crippen LogP contribution in [0.15, 0.2) is 24.5 Å². The summed E-state index contributed by atoms with van der Waals surface area (Å²) in [5.74, 6) is 3.21. The van der Waals surface area contributed by atoms with Crippen molar-refractivity contribution in [3.63, 3.8) is 0 Å². The van der Waals surface area contributed by atoms with Gasteiger partial charge in [-0.3, -0.25) is 0 Å². The molecular formula is C18H21ClN8. The highest BCUT2D eigenvalue weighted by molar-refractivity contribution is 6.30. The Kier molecular flexibility index (Phi) is 4.27. The van der Waals surface area contributed by atoms with E-state index in [1.54, 1.807) is 12.4 Å². The molecule has 9 heteroatoms. The summed E-state index contributed by atoms with van der Waals surface area (Å²) in [6.07, 6.45) is 7.96. The number of hydrogen-bond donors (Lipinski definition) is 0. The fourth-order valence-electron chi connectivity index (χ4n) is 3.70. The molecule has 8 nitrogen and oxygen atoms in total. The summed E-state index contributed by atoms with van der Waals surface area (Å²) in [5.41, 5.74) is 0.826. The van der Waals surface area contributed by atoms with E-state index in [1.165, 1.54) is 19.3 Å². The predicted molar refractivity (Wildman–Crippen MR) is 103 cm³/mol. The number of halogens is 1. The molecule has 0 unspecified atom stereocenters. The topological polar surface area (TPSA) is 75.3 Å². The summed E-state index contributed by atoms with van der Waals surface area (Å²) in [5, 5.41) is 14.1. The average Bonchev–Trinajstić information content (AvgIpc) is 2.89. The van der Waals surface area contributed by atoms with E-state index in [4.69, 9.17) is 16.7 Å². The number of nitrogens with zero attached hydrogens (tertiary/aromatic N) is 8. The van der Waals surface area contributed by atoms with Crippen LogP contribution >= 0.6 is 11.6 Å². The summed E-state index contributed by atoms with van der Waals surface area (Å²) < 4.78 is 1.93. The summed E-state index contributed by atoms with van der Waals surface area (Å²) in [4.78, 5) is 13.2. The first-order valence-corrected chi connectivity index (χ1v) is 9.85. The third-order valence-electron chi connectivity index (χ3n) is 5.45. The number of aromatic nitrogens is 6. The molecule has 140 valence electrons. The summed E-state index contributed by atoms with van der Waals surface area (Å²) in [6.45, 7) is 3.58. The molecule has 0 N–H and O–H groups in total. The maximum Gasteiger partial charge on any atom is 0.225 e. The van der Waals surface area contributed by atoms with E-state index in [9.17, 15) is 0 Å². The molecule has 0 spiro atoms. The Hall–Kier alpha value is -2.48. The first-order valence-electron chi connectivity index (χ1n) is 9.48. The molecule has 27 heavy (non-hydrogen) atoms. The third-order valence-corrected chi connectivity index (χ3v) is 5.65. The molecule has 0 aromatic carbocycles. The molecule has 2 aliphatic rings. The van der Waals surface area contributed by atoms with Gasteiger partial charge in [-0.1, -0.05) is 18.0 Å². The Morgan fingerprint density at radius 3 is 2.44 bits per heavy atom. The van der Waals surface area contributed by atoms with Crippen LogP contribution in [0.5, 0.6) is 0 Å². The molecule has 4 heterocycles. The van der Waals surface area contributed by atoms with Crippen molar-refractivity contribution in [1.29, 1.82) is 0 Å². The van der Waals surface area contributed by atoms with Gasteiger partial charge in [0.2, 0.25) is 5.95 Å². The van der Waals surface area contributed by atoms with Gasteiger partial charge in [-0.2, -0.15) is 4.52 Å². The van der Waals surface area contributed by atoms with Crippen molar-refractivity contribution < 1.29 is 0 Å². The minimum Gasteiger partial charge on any atom is -0.353 e. The van der Waals surface area contributed by atoms with Crippen LogP contribution < -0.4 is 9.80 Å². The van der Waals surface area contributed by atoms with Crippen molar-refractivity contribution in [2.45, 2.75) is 31.6 Å². The number of rotatable bonds is 3. The second kappa shape index (κ2) is 6.92. The van der Waals surface area contributed by atoms with E-state index < -0.39 is 0 Å². The highest BCUT2D eigenvalue weighted by atomic mass is 35.5. The lowest BCUT2D eigenvalue weighted by molar-refractivity contribution is 0.395. The van der Waals surface area contributed by atoms with Crippen LogP contribution in [0.2, 0.25) is 5.02 Å². The van der Waals surface area contributed by atoms with E-state index in [1.807, 2.05) is 16.6 Å². The smallest absolute Gasteiger partial charge is 0.225 e. The number of hydrogen-bond acceptors (Lipinski definition) is 7. The predicted octanol–water partition coefficient (Wildman–Crippen LogP) is 2.55. The monoisotopic (exact) mass is 384 g/mol. The van der Waals surface area contributed by atoms with Gasteiger partial charge in [0.05, 0.1) is 17.4 Å². The molecule has 0 amide bonds. The van der Waals surface area contributed by atoms with Gasteiger partial charge >= 0.3 is 0 Å². The SMILES string of the molecule is Clc1cnc(N2CCCN(c3ccc4nnc(C5CCC5)n4n3)CC2)nc1. The van der Waals surface area contributed by atoms with E-state index in [0.717, 1.165) is 55.8 Å². The van der Waals surface area contributed by atoms with Gasteiger partial charge in [0.1, 0.15) is 5.82 Å². The van der Waals surface area contributed by atoms with Crippen LogP contribution in [0.1, 0.15) is 37.4 Å². The van der Waals surface area contributed by atoms with Crippen LogP contribution in [0.3, 0.4) is 0 Å². The highest BCUT2D eigenvalue weighted by Gasteiger charge is 2.26.